The van der Waals surface area contributed by atoms with Crippen molar-refractivity contribution in [2.75, 3.05) is 18.1 Å². The Morgan fingerprint density at radius 3 is 2.86 bits per heavy atom. The van der Waals surface area contributed by atoms with Crippen molar-refractivity contribution >= 4 is 33.3 Å². The van der Waals surface area contributed by atoms with Gasteiger partial charge in [-0.05, 0) is 43.9 Å². The van der Waals surface area contributed by atoms with Gasteiger partial charge in [-0.3, -0.25) is 9.69 Å². The number of aromatic amines is 1. The molecule has 0 atom stereocenters. The van der Waals surface area contributed by atoms with Gasteiger partial charge in [0.25, 0.3) is 5.91 Å². The van der Waals surface area contributed by atoms with E-state index in [-0.39, 0.29) is 5.13 Å². The summed E-state index contributed by atoms with van der Waals surface area (Å²) in [6.45, 7) is -1.87. The van der Waals surface area contributed by atoms with Crippen LogP contribution in [0.25, 0.3) is 10.9 Å². The van der Waals surface area contributed by atoms with Gasteiger partial charge in [0.05, 0.1) is 5.69 Å². The topological polar surface area (TPSA) is 58.2 Å². The number of anilines is 1. The number of alkyl halides is 3. The number of nitrogens with one attached hydrogen (secondary N) is 1. The van der Waals surface area contributed by atoms with Crippen LogP contribution < -0.4 is 9.64 Å². The van der Waals surface area contributed by atoms with Gasteiger partial charge in [-0.25, -0.2) is 4.98 Å². The maximum Gasteiger partial charge on any atom is 0.406 e. The van der Waals surface area contributed by atoms with E-state index in [4.69, 9.17) is 4.74 Å². The molecule has 0 saturated carbocycles. The van der Waals surface area contributed by atoms with Gasteiger partial charge in [-0.15, -0.1) is 11.3 Å². The lowest BCUT2D eigenvalue weighted by atomic mass is 10.0. The monoisotopic (exact) mass is 409 g/mol. The molecule has 2 aromatic heterocycles. The Hall–Kier alpha value is -2.55. The first-order chi connectivity index (χ1) is 13.4. The molecule has 1 aromatic carbocycles. The fraction of sp³-hybridized carbons (Fsp3) is 0.368. The number of fused-ring (bicyclic) bond motifs is 2. The van der Waals surface area contributed by atoms with Crippen LogP contribution in [0.5, 0.6) is 5.75 Å². The molecule has 0 aliphatic heterocycles. The second-order valence-corrected chi connectivity index (χ2v) is 7.71. The minimum absolute atomic E-state index is 0.0951. The molecule has 0 fully saturated rings. The molecule has 0 spiro atoms. The van der Waals surface area contributed by atoms with E-state index >= 15 is 0 Å². The molecule has 0 bridgehead atoms. The fourth-order valence-corrected chi connectivity index (χ4v) is 4.46. The van der Waals surface area contributed by atoms with Gasteiger partial charge in [0.15, 0.2) is 11.7 Å². The lowest BCUT2D eigenvalue weighted by Gasteiger charge is -2.21. The minimum Gasteiger partial charge on any atom is -0.483 e. The van der Waals surface area contributed by atoms with Gasteiger partial charge in [0.1, 0.15) is 12.3 Å². The predicted molar refractivity (Wildman–Crippen MR) is 101 cm³/mol. The molecule has 1 aliphatic rings. The smallest absolute Gasteiger partial charge is 0.406 e. The Morgan fingerprint density at radius 1 is 1.25 bits per heavy atom. The van der Waals surface area contributed by atoms with Crippen LogP contribution in [0.4, 0.5) is 18.3 Å². The third-order valence-electron chi connectivity index (χ3n) is 4.61. The average molecular weight is 409 g/mol. The van der Waals surface area contributed by atoms with Gasteiger partial charge >= 0.3 is 6.18 Å². The summed E-state index contributed by atoms with van der Waals surface area (Å²) in [7, 11) is 0. The minimum atomic E-state index is -4.53. The van der Waals surface area contributed by atoms with Crippen LogP contribution in [0.15, 0.2) is 30.5 Å². The van der Waals surface area contributed by atoms with E-state index in [1.54, 1.807) is 24.4 Å². The average Bonchev–Trinajstić information content (AvgIpc) is 3.30. The second-order valence-electron chi connectivity index (χ2n) is 6.65. The number of carbonyl (C=O) groups is 1. The summed E-state index contributed by atoms with van der Waals surface area (Å²) in [5.41, 5.74) is 1.63. The summed E-state index contributed by atoms with van der Waals surface area (Å²) in [5.74, 6) is -0.326. The Bertz CT molecular complexity index is 972. The van der Waals surface area contributed by atoms with Crippen LogP contribution in [0, 0.1) is 0 Å². The standard InChI is InChI=1S/C19H18F3N3O2S/c20-19(21,22)11-25(18-24-14-4-1-2-7-16(14)28-18)17(26)10-27-15-6-3-5-13-12(15)8-9-23-13/h3,5-6,8-9,23H,1-2,4,7,10-11H2. The number of halogens is 3. The third-order valence-corrected chi connectivity index (χ3v) is 5.79. The highest BCUT2D eigenvalue weighted by molar-refractivity contribution is 7.16. The van der Waals surface area contributed by atoms with Crippen LogP contribution in [0.1, 0.15) is 23.4 Å². The molecular formula is C19H18F3N3O2S. The number of thiazole rings is 1. The number of benzene rings is 1. The molecular weight excluding hydrogens is 391 g/mol. The number of aromatic nitrogens is 2. The Balaban J connectivity index is 1.55. The molecule has 3 aromatic rings. The van der Waals surface area contributed by atoms with Gasteiger partial charge in [0, 0.05) is 22.0 Å². The molecule has 0 unspecified atom stereocenters. The Kier molecular flexibility index (Phi) is 5.01. The zero-order valence-corrected chi connectivity index (χ0v) is 15.7. The highest BCUT2D eigenvalue weighted by Gasteiger charge is 2.36. The molecule has 1 N–H and O–H groups in total. The molecule has 148 valence electrons. The molecule has 1 aliphatic carbocycles. The summed E-state index contributed by atoms with van der Waals surface area (Å²) in [6.07, 6.45) is 0.704. The van der Waals surface area contributed by atoms with Gasteiger partial charge < -0.3 is 9.72 Å². The quantitative estimate of drug-likeness (QED) is 0.676. The van der Waals surface area contributed by atoms with E-state index in [1.807, 2.05) is 6.07 Å². The fourth-order valence-electron chi connectivity index (χ4n) is 3.30. The summed E-state index contributed by atoms with van der Waals surface area (Å²) >= 11 is 1.17. The first-order valence-electron chi connectivity index (χ1n) is 8.95. The molecule has 9 heteroatoms. The van der Waals surface area contributed by atoms with Crippen LogP contribution in [0.3, 0.4) is 0 Å². The summed E-state index contributed by atoms with van der Waals surface area (Å²) in [4.78, 5) is 21.6. The first kappa shape index (κ1) is 18.8. The molecule has 0 saturated heterocycles. The van der Waals surface area contributed by atoms with E-state index in [2.05, 4.69) is 9.97 Å². The summed E-state index contributed by atoms with van der Waals surface area (Å²) < 4.78 is 44.9. The maximum atomic E-state index is 13.1. The number of nitrogens with zero attached hydrogens (tertiary/aromatic N) is 2. The number of hydrogen-bond donors (Lipinski definition) is 1. The Labute approximate surface area is 163 Å². The van der Waals surface area contributed by atoms with Crippen LogP contribution in [-0.2, 0) is 17.6 Å². The highest BCUT2D eigenvalue weighted by Crippen LogP contribution is 2.33. The molecule has 4 rings (SSSR count). The normalized spacial score (nSPS) is 14.1. The van der Waals surface area contributed by atoms with Crippen molar-refractivity contribution in [3.63, 3.8) is 0 Å². The van der Waals surface area contributed by atoms with Gasteiger partial charge in [-0.1, -0.05) is 6.07 Å². The van der Waals surface area contributed by atoms with E-state index in [1.165, 1.54) is 11.3 Å². The number of amides is 1. The molecule has 28 heavy (non-hydrogen) atoms. The number of hydrogen-bond acceptors (Lipinski definition) is 4. The lowest BCUT2D eigenvalue weighted by molar-refractivity contribution is -0.133. The number of rotatable bonds is 5. The first-order valence-corrected chi connectivity index (χ1v) is 9.77. The largest absolute Gasteiger partial charge is 0.483 e. The van der Waals surface area contributed by atoms with Crippen molar-refractivity contribution in [2.45, 2.75) is 31.9 Å². The number of carbonyl (C=O) groups excluding carboxylic acids is 1. The maximum absolute atomic E-state index is 13.1. The summed E-state index contributed by atoms with van der Waals surface area (Å²) in [5, 5.41) is 0.861. The molecule has 0 radical (unpaired) electrons. The number of H-pyrrole nitrogens is 1. The Morgan fingerprint density at radius 2 is 2.07 bits per heavy atom. The number of ether oxygens (including phenoxy) is 1. The van der Waals surface area contributed by atoms with E-state index in [0.29, 0.717) is 10.6 Å². The zero-order valence-electron chi connectivity index (χ0n) is 14.9. The number of aryl methyl sites for hydroxylation is 2. The SMILES string of the molecule is O=C(COc1cccc2[nH]ccc12)N(CC(F)(F)F)c1nc2c(s1)CCCC2. The van der Waals surface area contributed by atoms with Gasteiger partial charge in [-0.2, -0.15) is 13.2 Å². The molecule has 5 nitrogen and oxygen atoms in total. The zero-order chi connectivity index (χ0) is 19.7. The van der Waals surface area contributed by atoms with Crippen molar-refractivity contribution in [1.29, 1.82) is 0 Å². The predicted octanol–water partition coefficient (Wildman–Crippen LogP) is 4.48. The van der Waals surface area contributed by atoms with Crippen LogP contribution in [0.2, 0.25) is 0 Å². The highest BCUT2D eigenvalue weighted by atomic mass is 32.1. The van der Waals surface area contributed by atoms with Crippen molar-refractivity contribution in [1.82, 2.24) is 9.97 Å². The van der Waals surface area contributed by atoms with Crippen LogP contribution >= 0.6 is 11.3 Å². The molecule has 2 heterocycles. The third kappa shape index (κ3) is 3.99. The van der Waals surface area contributed by atoms with Crippen LogP contribution in [-0.4, -0.2) is 35.2 Å². The summed E-state index contributed by atoms with van der Waals surface area (Å²) in [6, 6.07) is 7.07. The molecule has 1 amide bonds. The van der Waals surface area contributed by atoms with Gasteiger partial charge in [0.2, 0.25) is 0 Å². The van der Waals surface area contributed by atoms with Crippen molar-refractivity contribution in [3.05, 3.63) is 41.0 Å². The van der Waals surface area contributed by atoms with Crippen molar-refractivity contribution in [3.8, 4) is 5.75 Å². The second kappa shape index (κ2) is 7.46. The van der Waals surface area contributed by atoms with Crippen molar-refractivity contribution < 1.29 is 22.7 Å². The van der Waals surface area contributed by atoms with E-state index in [9.17, 15) is 18.0 Å². The lowest BCUT2D eigenvalue weighted by Crippen LogP contribution is -2.41. The van der Waals surface area contributed by atoms with E-state index in [0.717, 1.165) is 47.2 Å². The van der Waals surface area contributed by atoms with Crippen molar-refractivity contribution in [2.24, 2.45) is 0 Å². The van der Waals surface area contributed by atoms with E-state index < -0.39 is 25.2 Å².